The summed E-state index contributed by atoms with van der Waals surface area (Å²) in [5.41, 5.74) is -2.22. The van der Waals surface area contributed by atoms with Gasteiger partial charge < -0.3 is 10.0 Å². The summed E-state index contributed by atoms with van der Waals surface area (Å²) in [6, 6.07) is 19.4. The van der Waals surface area contributed by atoms with Crippen LogP contribution in [0.25, 0.3) is 21.5 Å². The average molecular weight is 492 g/mol. The van der Waals surface area contributed by atoms with Gasteiger partial charge in [0.2, 0.25) is 0 Å². The molecule has 0 fully saturated rings. The average Bonchev–Trinajstić information content (AvgIpc) is 2.83. The third-order valence-electron chi connectivity index (χ3n) is 5.19. The van der Waals surface area contributed by atoms with E-state index in [1.165, 1.54) is 16.2 Å². The summed E-state index contributed by atoms with van der Waals surface area (Å²) in [5, 5.41) is 45.0. The number of carbonyl (C=O) groups is 1. The van der Waals surface area contributed by atoms with E-state index in [0.29, 0.717) is 18.7 Å². The van der Waals surface area contributed by atoms with Gasteiger partial charge >= 0.3 is 11.4 Å². The number of benzene rings is 4. The molecule has 12 heteroatoms. The third kappa shape index (κ3) is 5.56. The van der Waals surface area contributed by atoms with Gasteiger partial charge in [0.15, 0.2) is 5.78 Å². The topological polar surface area (TPSA) is 170 Å². The van der Waals surface area contributed by atoms with E-state index in [0.717, 1.165) is 10.9 Å². The molecule has 0 atom stereocenters. The molecule has 0 aliphatic heterocycles. The van der Waals surface area contributed by atoms with Gasteiger partial charge in [-0.15, -0.1) is 0 Å². The number of carbonyl (C=O) groups excluding carboxylic acids is 1. The van der Waals surface area contributed by atoms with Crippen LogP contribution in [-0.2, 0) is 0 Å². The molecule has 0 radical (unpaired) electrons. The van der Waals surface area contributed by atoms with E-state index >= 15 is 0 Å². The van der Waals surface area contributed by atoms with Crippen LogP contribution in [0.2, 0.25) is 0 Å². The minimum absolute atomic E-state index is 0.157. The Labute approximate surface area is 203 Å². The highest BCUT2D eigenvalue weighted by Crippen LogP contribution is 2.39. The lowest BCUT2D eigenvalue weighted by atomic mass is 9.99. The number of phenols is 1. The quantitative estimate of drug-likeness (QED) is 0.171. The molecule has 0 saturated heterocycles. The van der Waals surface area contributed by atoms with Crippen molar-refractivity contribution in [3.05, 3.63) is 103 Å². The van der Waals surface area contributed by atoms with Gasteiger partial charge in [0, 0.05) is 5.56 Å². The highest BCUT2D eigenvalue weighted by atomic mass is 16.6. The van der Waals surface area contributed by atoms with Gasteiger partial charge in [-0.2, -0.15) is 0 Å². The maximum Gasteiger partial charge on any atom is 0.324 e. The molecule has 4 aromatic rings. The number of nitrogens with zero attached hydrogens (tertiary/aromatic N) is 4. The number of likely N-dealkylation sites (N-methyl/N-ethyl adjacent to an activating group) is 1. The van der Waals surface area contributed by atoms with Crippen molar-refractivity contribution < 1.29 is 24.7 Å². The van der Waals surface area contributed by atoms with Gasteiger partial charge in [-0.3, -0.25) is 35.1 Å². The van der Waals surface area contributed by atoms with Crippen molar-refractivity contribution in [2.75, 3.05) is 20.6 Å². The number of hydrogen-bond donors (Lipinski definition) is 1. The summed E-state index contributed by atoms with van der Waals surface area (Å²) in [5.74, 6) is -1.05. The smallest absolute Gasteiger partial charge is 0.324 e. The van der Waals surface area contributed by atoms with E-state index < -0.39 is 37.6 Å². The van der Waals surface area contributed by atoms with Crippen molar-refractivity contribution in [2.45, 2.75) is 0 Å². The fraction of sp³-hybridized carbons (Fsp3) is 0.125. The summed E-state index contributed by atoms with van der Waals surface area (Å²) in [4.78, 5) is 41.8. The first-order valence-corrected chi connectivity index (χ1v) is 10.4. The Kier molecular flexibility index (Phi) is 7.50. The first kappa shape index (κ1) is 25.6. The van der Waals surface area contributed by atoms with Crippen molar-refractivity contribution in [2.24, 2.45) is 0 Å². The molecule has 0 aliphatic rings. The van der Waals surface area contributed by atoms with Crippen LogP contribution in [0.15, 0.2) is 66.7 Å². The van der Waals surface area contributed by atoms with Crippen LogP contribution in [0, 0.1) is 30.3 Å². The normalized spacial score (nSPS) is 10.6. The Bertz CT molecular complexity index is 1480. The molecule has 4 aromatic carbocycles. The minimum atomic E-state index is -1.21. The molecule has 0 aliphatic carbocycles. The number of ketones is 1. The van der Waals surface area contributed by atoms with Crippen LogP contribution in [0.4, 0.5) is 17.1 Å². The molecule has 4 rings (SSSR count). The molecule has 0 aromatic heterocycles. The van der Waals surface area contributed by atoms with Gasteiger partial charge in [-0.05, 0) is 41.7 Å². The van der Waals surface area contributed by atoms with Crippen LogP contribution < -0.4 is 0 Å². The predicted octanol–water partition coefficient (Wildman–Crippen LogP) is 4.85. The number of nitro benzene ring substituents is 3. The SMILES string of the molecule is CN(C)CC(=O)c1ccc2c(ccc3ccccc32)c1.O=[N+]([O-])c1cc([N+](=O)[O-])c(O)c([N+](=O)[O-])c1. The summed E-state index contributed by atoms with van der Waals surface area (Å²) in [7, 11) is 3.82. The molecule has 184 valence electrons. The molecule has 1 N–H and O–H groups in total. The summed E-state index contributed by atoms with van der Waals surface area (Å²) >= 11 is 0. The number of non-ortho nitro benzene ring substituents is 1. The lowest BCUT2D eigenvalue weighted by Crippen LogP contribution is -2.21. The monoisotopic (exact) mass is 492 g/mol. The van der Waals surface area contributed by atoms with E-state index in [1.807, 2.05) is 43.3 Å². The second-order valence-electron chi connectivity index (χ2n) is 7.99. The Balaban J connectivity index is 0.000000207. The fourth-order valence-corrected chi connectivity index (χ4v) is 3.54. The van der Waals surface area contributed by atoms with Gasteiger partial charge in [-0.1, -0.05) is 48.5 Å². The lowest BCUT2D eigenvalue weighted by molar-refractivity contribution is -0.404. The molecule has 12 nitrogen and oxygen atoms in total. The molecule has 36 heavy (non-hydrogen) atoms. The van der Waals surface area contributed by atoms with Crippen LogP contribution in [0.5, 0.6) is 5.75 Å². The lowest BCUT2D eigenvalue weighted by Gasteiger charge is -2.10. The van der Waals surface area contributed by atoms with Crippen molar-refractivity contribution in [3.8, 4) is 5.75 Å². The maximum atomic E-state index is 12.1. The van der Waals surface area contributed by atoms with Crippen molar-refractivity contribution in [1.82, 2.24) is 4.90 Å². The maximum absolute atomic E-state index is 12.1. The molecular weight excluding hydrogens is 472 g/mol. The van der Waals surface area contributed by atoms with Crippen LogP contribution >= 0.6 is 0 Å². The van der Waals surface area contributed by atoms with Gasteiger partial charge in [0.1, 0.15) is 0 Å². The Hall–Kier alpha value is -4.97. The second-order valence-corrected chi connectivity index (χ2v) is 7.99. The zero-order chi connectivity index (χ0) is 26.6. The van der Waals surface area contributed by atoms with Crippen LogP contribution in [-0.4, -0.2) is 51.2 Å². The standard InChI is InChI=1S/C18H17NO.C6H3N3O7/c1-19(2)12-18(20)15-9-10-17-14(11-15)8-7-13-5-3-4-6-16(13)17;10-6-4(8(13)14)1-3(7(11)12)2-5(6)9(15)16/h3-11H,12H2,1-2H3;1-2,10H. The molecule has 0 heterocycles. The van der Waals surface area contributed by atoms with E-state index in [4.69, 9.17) is 5.11 Å². The number of fused-ring (bicyclic) bond motifs is 3. The first-order valence-electron chi connectivity index (χ1n) is 10.4. The Morgan fingerprint density at radius 3 is 1.89 bits per heavy atom. The molecule has 0 spiro atoms. The second kappa shape index (κ2) is 10.5. The van der Waals surface area contributed by atoms with Gasteiger partial charge in [-0.25, -0.2) is 0 Å². The first-order chi connectivity index (χ1) is 17.0. The molecule has 0 bridgehead atoms. The van der Waals surface area contributed by atoms with E-state index in [9.17, 15) is 35.1 Å². The highest BCUT2D eigenvalue weighted by Gasteiger charge is 2.30. The predicted molar refractivity (Wildman–Crippen MR) is 132 cm³/mol. The zero-order valence-electron chi connectivity index (χ0n) is 19.2. The van der Waals surface area contributed by atoms with Gasteiger partial charge in [0.05, 0.1) is 33.4 Å². The number of phenolic OH excluding ortho intramolecular Hbond substituents is 1. The van der Waals surface area contributed by atoms with Crippen molar-refractivity contribution in [1.29, 1.82) is 0 Å². The highest BCUT2D eigenvalue weighted by molar-refractivity contribution is 6.10. The third-order valence-corrected chi connectivity index (χ3v) is 5.19. The van der Waals surface area contributed by atoms with Crippen molar-refractivity contribution >= 4 is 44.4 Å². The van der Waals surface area contributed by atoms with E-state index in [-0.39, 0.29) is 5.78 Å². The number of nitro groups is 3. The minimum Gasteiger partial charge on any atom is -0.497 e. The van der Waals surface area contributed by atoms with Crippen molar-refractivity contribution in [3.63, 3.8) is 0 Å². The Morgan fingerprint density at radius 1 is 0.778 bits per heavy atom. The fourth-order valence-electron chi connectivity index (χ4n) is 3.54. The summed E-state index contributed by atoms with van der Waals surface area (Å²) < 4.78 is 0. The Morgan fingerprint density at radius 2 is 1.33 bits per heavy atom. The van der Waals surface area contributed by atoms with Crippen LogP contribution in [0.1, 0.15) is 10.4 Å². The largest absolute Gasteiger partial charge is 0.497 e. The number of Topliss-reactive ketones (excluding diaryl/α,β-unsaturated/α-hetero) is 1. The number of rotatable bonds is 6. The van der Waals surface area contributed by atoms with E-state index in [2.05, 4.69) is 30.3 Å². The molecule has 0 saturated carbocycles. The number of aromatic hydroxyl groups is 1. The van der Waals surface area contributed by atoms with E-state index in [1.54, 1.807) is 0 Å². The van der Waals surface area contributed by atoms with Gasteiger partial charge in [0.25, 0.3) is 11.4 Å². The molecule has 0 amide bonds. The molecule has 0 unspecified atom stereocenters. The zero-order valence-corrected chi connectivity index (χ0v) is 19.2. The molecular formula is C24H20N4O8. The number of hydrogen-bond acceptors (Lipinski definition) is 9. The van der Waals surface area contributed by atoms with Crippen LogP contribution in [0.3, 0.4) is 0 Å². The summed E-state index contributed by atoms with van der Waals surface area (Å²) in [6.07, 6.45) is 0. The summed E-state index contributed by atoms with van der Waals surface area (Å²) in [6.45, 7) is 0.444.